The van der Waals surface area contributed by atoms with Crippen LogP contribution in [0.3, 0.4) is 0 Å². The van der Waals surface area contributed by atoms with Gasteiger partial charge in [0.15, 0.2) is 0 Å². The van der Waals surface area contributed by atoms with E-state index in [1.165, 1.54) is 18.4 Å². The summed E-state index contributed by atoms with van der Waals surface area (Å²) < 4.78 is 0. The number of amides is 1. The lowest BCUT2D eigenvalue weighted by atomic mass is 10.0. The maximum absolute atomic E-state index is 12.1. The number of nitrogens with zero attached hydrogens (tertiary/aromatic N) is 1. The van der Waals surface area contributed by atoms with Crippen LogP contribution in [0.25, 0.3) is 0 Å². The Morgan fingerprint density at radius 1 is 1.00 bits per heavy atom. The van der Waals surface area contributed by atoms with Crippen LogP contribution in [0.5, 0.6) is 0 Å². The number of hydrazone groups is 1. The van der Waals surface area contributed by atoms with Crippen LogP contribution >= 0.6 is 11.8 Å². The molecule has 25 heavy (non-hydrogen) atoms. The van der Waals surface area contributed by atoms with E-state index in [0.29, 0.717) is 5.75 Å². The van der Waals surface area contributed by atoms with Crippen LogP contribution in [0.2, 0.25) is 0 Å². The van der Waals surface area contributed by atoms with Gasteiger partial charge in [-0.05, 0) is 24.0 Å². The standard InChI is InChI=1S/C21H26N2OS/c1-2-3-6-15-20(19-13-9-5-10-14-19)22-23-21(24)17-25-16-18-11-7-4-8-12-18/h4-5,7-14H,2-3,6,15-17H2,1H3,(H,23,24)/b22-20+. The van der Waals surface area contributed by atoms with E-state index in [-0.39, 0.29) is 5.91 Å². The molecule has 0 heterocycles. The van der Waals surface area contributed by atoms with Gasteiger partial charge in [-0.3, -0.25) is 4.79 Å². The van der Waals surface area contributed by atoms with Gasteiger partial charge in [0.2, 0.25) is 5.91 Å². The quantitative estimate of drug-likeness (QED) is 0.370. The van der Waals surface area contributed by atoms with Crippen LogP contribution in [0.1, 0.15) is 43.7 Å². The van der Waals surface area contributed by atoms with Crippen molar-refractivity contribution in [2.45, 2.75) is 38.4 Å². The molecule has 0 radical (unpaired) electrons. The van der Waals surface area contributed by atoms with Gasteiger partial charge in [0, 0.05) is 5.75 Å². The lowest BCUT2D eigenvalue weighted by Gasteiger charge is -2.07. The summed E-state index contributed by atoms with van der Waals surface area (Å²) in [7, 11) is 0. The molecular weight excluding hydrogens is 328 g/mol. The van der Waals surface area contributed by atoms with Crippen molar-refractivity contribution in [2.24, 2.45) is 5.10 Å². The largest absolute Gasteiger partial charge is 0.272 e. The summed E-state index contributed by atoms with van der Waals surface area (Å²) in [5.74, 6) is 1.19. The fraction of sp³-hybridized carbons (Fsp3) is 0.333. The maximum Gasteiger partial charge on any atom is 0.250 e. The minimum Gasteiger partial charge on any atom is -0.272 e. The average Bonchev–Trinajstić information content (AvgIpc) is 2.66. The molecule has 0 saturated heterocycles. The SMILES string of the molecule is CCCCC/C(=N\NC(=O)CSCc1ccccc1)c1ccccc1. The van der Waals surface area contributed by atoms with Gasteiger partial charge < -0.3 is 0 Å². The third kappa shape index (κ3) is 7.57. The van der Waals surface area contributed by atoms with Crippen molar-refractivity contribution in [2.75, 3.05) is 5.75 Å². The summed E-state index contributed by atoms with van der Waals surface area (Å²) in [4.78, 5) is 12.1. The molecule has 0 spiro atoms. The number of hydrogen-bond donors (Lipinski definition) is 1. The monoisotopic (exact) mass is 354 g/mol. The molecule has 0 aliphatic heterocycles. The minimum atomic E-state index is -0.0511. The first kappa shape index (κ1) is 19.3. The summed E-state index contributed by atoms with van der Waals surface area (Å²) in [6.45, 7) is 2.19. The predicted octanol–water partition coefficient (Wildman–Crippen LogP) is 5.02. The smallest absolute Gasteiger partial charge is 0.250 e. The zero-order valence-corrected chi connectivity index (χ0v) is 15.6. The fourth-order valence-corrected chi connectivity index (χ4v) is 3.22. The van der Waals surface area contributed by atoms with E-state index in [1.807, 2.05) is 48.5 Å². The molecule has 2 rings (SSSR count). The van der Waals surface area contributed by atoms with Gasteiger partial charge in [-0.15, -0.1) is 11.8 Å². The molecular formula is C21H26N2OS. The van der Waals surface area contributed by atoms with Crippen molar-refractivity contribution < 1.29 is 4.79 Å². The number of nitrogens with one attached hydrogen (secondary N) is 1. The number of benzene rings is 2. The Morgan fingerprint density at radius 2 is 1.68 bits per heavy atom. The van der Waals surface area contributed by atoms with E-state index < -0.39 is 0 Å². The third-order valence-corrected chi connectivity index (χ3v) is 4.79. The molecule has 3 nitrogen and oxygen atoms in total. The molecule has 0 bridgehead atoms. The van der Waals surface area contributed by atoms with Gasteiger partial charge in [0.1, 0.15) is 0 Å². The Hall–Kier alpha value is -2.07. The van der Waals surface area contributed by atoms with E-state index in [4.69, 9.17) is 0 Å². The molecule has 0 unspecified atom stereocenters. The highest BCUT2D eigenvalue weighted by molar-refractivity contribution is 7.99. The van der Waals surface area contributed by atoms with Gasteiger partial charge in [-0.1, -0.05) is 80.4 Å². The molecule has 0 fully saturated rings. The Morgan fingerprint density at radius 3 is 2.36 bits per heavy atom. The van der Waals surface area contributed by atoms with Crippen molar-refractivity contribution in [3.63, 3.8) is 0 Å². The normalized spacial score (nSPS) is 11.3. The first-order valence-electron chi connectivity index (χ1n) is 8.82. The Bertz CT molecular complexity index is 656. The molecule has 0 aromatic heterocycles. The highest BCUT2D eigenvalue weighted by atomic mass is 32.2. The minimum absolute atomic E-state index is 0.0511. The molecule has 1 amide bonds. The Labute approximate surface area is 154 Å². The van der Waals surface area contributed by atoms with Crippen LogP contribution < -0.4 is 5.43 Å². The highest BCUT2D eigenvalue weighted by Crippen LogP contribution is 2.12. The molecule has 0 aliphatic carbocycles. The second-order valence-corrected chi connectivity index (χ2v) is 6.88. The molecule has 132 valence electrons. The van der Waals surface area contributed by atoms with E-state index in [0.717, 1.165) is 29.9 Å². The van der Waals surface area contributed by atoms with E-state index in [2.05, 4.69) is 29.6 Å². The van der Waals surface area contributed by atoms with Crippen molar-refractivity contribution in [3.05, 3.63) is 71.8 Å². The molecule has 4 heteroatoms. The van der Waals surface area contributed by atoms with Crippen LogP contribution in [0.15, 0.2) is 65.8 Å². The zero-order chi connectivity index (χ0) is 17.7. The Kier molecular flexibility index (Phi) is 8.84. The summed E-state index contributed by atoms with van der Waals surface area (Å²) >= 11 is 1.60. The summed E-state index contributed by atoms with van der Waals surface area (Å²) in [5.41, 5.74) is 5.99. The van der Waals surface area contributed by atoms with Gasteiger partial charge >= 0.3 is 0 Å². The lowest BCUT2D eigenvalue weighted by Crippen LogP contribution is -2.22. The van der Waals surface area contributed by atoms with E-state index >= 15 is 0 Å². The molecule has 0 atom stereocenters. The zero-order valence-electron chi connectivity index (χ0n) is 14.8. The number of unbranched alkanes of at least 4 members (excludes halogenated alkanes) is 2. The predicted molar refractivity (Wildman–Crippen MR) is 108 cm³/mol. The van der Waals surface area contributed by atoms with Crippen LogP contribution in [-0.2, 0) is 10.5 Å². The van der Waals surface area contributed by atoms with Gasteiger partial charge in [0.25, 0.3) is 0 Å². The number of carbonyl (C=O) groups excluding carboxylic acids is 1. The van der Waals surface area contributed by atoms with Gasteiger partial charge in [-0.2, -0.15) is 5.10 Å². The van der Waals surface area contributed by atoms with Crippen LogP contribution in [0, 0.1) is 0 Å². The van der Waals surface area contributed by atoms with Gasteiger partial charge in [-0.25, -0.2) is 5.43 Å². The summed E-state index contributed by atoms with van der Waals surface area (Å²) in [6, 6.07) is 20.3. The molecule has 2 aromatic carbocycles. The third-order valence-electron chi connectivity index (χ3n) is 3.78. The molecule has 0 aliphatic rings. The van der Waals surface area contributed by atoms with Crippen molar-refractivity contribution in [3.8, 4) is 0 Å². The van der Waals surface area contributed by atoms with Crippen LogP contribution in [0.4, 0.5) is 0 Å². The molecule has 2 aromatic rings. The first-order valence-corrected chi connectivity index (χ1v) is 9.97. The molecule has 0 saturated carbocycles. The first-order chi connectivity index (χ1) is 12.3. The summed E-state index contributed by atoms with van der Waals surface area (Å²) in [5, 5.41) is 4.40. The second kappa shape index (κ2) is 11.5. The number of thioether (sulfide) groups is 1. The Balaban J connectivity index is 1.84. The highest BCUT2D eigenvalue weighted by Gasteiger charge is 2.06. The lowest BCUT2D eigenvalue weighted by molar-refractivity contribution is -0.118. The topological polar surface area (TPSA) is 41.5 Å². The van der Waals surface area contributed by atoms with E-state index in [1.54, 1.807) is 11.8 Å². The van der Waals surface area contributed by atoms with Crippen molar-refractivity contribution in [1.82, 2.24) is 5.43 Å². The van der Waals surface area contributed by atoms with Crippen LogP contribution in [-0.4, -0.2) is 17.4 Å². The van der Waals surface area contributed by atoms with E-state index in [9.17, 15) is 4.79 Å². The number of carbonyl (C=O) groups is 1. The molecule has 1 N–H and O–H groups in total. The fourth-order valence-electron chi connectivity index (χ4n) is 2.44. The summed E-state index contributed by atoms with van der Waals surface area (Å²) in [6.07, 6.45) is 4.31. The van der Waals surface area contributed by atoms with Gasteiger partial charge in [0.05, 0.1) is 11.5 Å². The number of hydrogen-bond acceptors (Lipinski definition) is 3. The van der Waals surface area contributed by atoms with Crippen molar-refractivity contribution in [1.29, 1.82) is 0 Å². The van der Waals surface area contributed by atoms with Crippen molar-refractivity contribution >= 4 is 23.4 Å². The maximum atomic E-state index is 12.1. The number of rotatable bonds is 10. The average molecular weight is 355 g/mol. The second-order valence-electron chi connectivity index (χ2n) is 5.90.